The minimum Gasteiger partial charge on any atom is -0.490 e. The lowest BCUT2D eigenvalue weighted by Gasteiger charge is -2.26. The topological polar surface area (TPSA) is 72.9 Å². The summed E-state index contributed by atoms with van der Waals surface area (Å²) in [5.74, 6) is -0.785. The first-order valence-corrected chi connectivity index (χ1v) is 10.2. The molecule has 0 N–H and O–H groups in total. The number of carbonyl (C=O) groups is 3. The number of nitrogens with zero attached hydrogens (tertiary/aromatic N) is 1. The lowest BCUT2D eigenvalue weighted by Crippen LogP contribution is -2.46. The summed E-state index contributed by atoms with van der Waals surface area (Å²) in [5.41, 5.74) is 0.633. The molecule has 3 rings (SSSR count). The smallest absolute Gasteiger partial charge is 0.329 e. The van der Waals surface area contributed by atoms with Gasteiger partial charge in [-0.25, -0.2) is 4.79 Å². The monoisotopic (exact) mass is 459 g/mol. The molecule has 0 spiro atoms. The number of hydrogen-bond donors (Lipinski definition) is 0. The first-order valence-electron chi connectivity index (χ1n) is 9.40. The lowest BCUT2D eigenvalue weighted by molar-refractivity contribution is -0.149. The van der Waals surface area contributed by atoms with Gasteiger partial charge in [-0.15, -0.1) is 0 Å². The predicted molar refractivity (Wildman–Crippen MR) is 111 cm³/mol. The van der Waals surface area contributed by atoms with E-state index in [9.17, 15) is 14.4 Å². The third kappa shape index (κ3) is 4.85. The van der Waals surface area contributed by atoms with Crippen LogP contribution in [0.1, 0.15) is 41.0 Å². The van der Waals surface area contributed by atoms with Gasteiger partial charge in [0.25, 0.3) is 11.8 Å². The van der Waals surface area contributed by atoms with E-state index >= 15 is 0 Å². The predicted octanol–water partition coefficient (Wildman–Crippen LogP) is 4.08. The van der Waals surface area contributed by atoms with E-state index in [2.05, 4.69) is 15.9 Å². The number of carbonyl (C=O) groups excluding carboxylic acids is 3. The van der Waals surface area contributed by atoms with Crippen molar-refractivity contribution in [3.8, 4) is 5.75 Å². The molecule has 7 heteroatoms. The van der Waals surface area contributed by atoms with Crippen LogP contribution in [-0.2, 0) is 9.53 Å². The van der Waals surface area contributed by atoms with Crippen LogP contribution in [0.25, 0.3) is 0 Å². The van der Waals surface area contributed by atoms with Gasteiger partial charge in [-0.05, 0) is 42.7 Å². The Morgan fingerprint density at radius 2 is 1.66 bits per heavy atom. The Labute approximate surface area is 177 Å². The van der Waals surface area contributed by atoms with Crippen LogP contribution in [0.15, 0.2) is 53.0 Å². The Hall–Kier alpha value is -2.67. The normalized spacial score (nSPS) is 14.1. The van der Waals surface area contributed by atoms with Crippen molar-refractivity contribution in [3.63, 3.8) is 0 Å². The Morgan fingerprint density at radius 1 is 1.00 bits per heavy atom. The Morgan fingerprint density at radius 3 is 2.24 bits per heavy atom. The molecular weight excluding hydrogens is 438 g/mol. The maximum atomic E-state index is 12.7. The van der Waals surface area contributed by atoms with E-state index in [0.717, 1.165) is 9.37 Å². The molecule has 1 aliphatic rings. The number of imide groups is 1. The quantitative estimate of drug-likeness (QED) is 0.337. The minimum absolute atomic E-state index is 0.0170. The van der Waals surface area contributed by atoms with Gasteiger partial charge < -0.3 is 9.47 Å². The van der Waals surface area contributed by atoms with E-state index < -0.39 is 23.8 Å². The summed E-state index contributed by atoms with van der Waals surface area (Å²) in [5, 5.41) is 0. The van der Waals surface area contributed by atoms with Crippen molar-refractivity contribution >= 4 is 33.7 Å². The Kier molecular flexibility index (Phi) is 6.69. The average Bonchev–Trinajstić information content (AvgIpc) is 2.94. The molecule has 152 valence electrons. The number of esters is 1. The van der Waals surface area contributed by atoms with Gasteiger partial charge in [-0.1, -0.05) is 48.0 Å². The fraction of sp³-hybridized carbons (Fsp3) is 0.318. The van der Waals surface area contributed by atoms with Crippen LogP contribution >= 0.6 is 15.9 Å². The highest BCUT2D eigenvalue weighted by molar-refractivity contribution is 9.10. The van der Waals surface area contributed by atoms with Crippen molar-refractivity contribution in [3.05, 3.63) is 64.1 Å². The van der Waals surface area contributed by atoms with Crippen LogP contribution in [0.3, 0.4) is 0 Å². The molecule has 29 heavy (non-hydrogen) atoms. The number of benzene rings is 2. The molecule has 0 saturated heterocycles. The Bertz CT molecular complexity index is 892. The van der Waals surface area contributed by atoms with Gasteiger partial charge >= 0.3 is 5.97 Å². The van der Waals surface area contributed by atoms with Gasteiger partial charge in [-0.3, -0.25) is 14.5 Å². The molecule has 1 heterocycles. The average molecular weight is 460 g/mol. The molecule has 0 aromatic heterocycles. The zero-order chi connectivity index (χ0) is 21.0. The van der Waals surface area contributed by atoms with Gasteiger partial charge in [0.15, 0.2) is 0 Å². The zero-order valence-corrected chi connectivity index (χ0v) is 17.8. The second-order valence-electron chi connectivity index (χ2n) is 7.14. The lowest BCUT2D eigenvalue weighted by atomic mass is 10.0. The SMILES string of the molecule is CC(C)CC(C(=O)OCCOc1cccc(Br)c1)N1C(=O)c2ccccc2C1=O. The third-order valence-electron chi connectivity index (χ3n) is 4.50. The van der Waals surface area contributed by atoms with Gasteiger partial charge in [0.05, 0.1) is 11.1 Å². The number of hydrogen-bond acceptors (Lipinski definition) is 5. The fourth-order valence-corrected chi connectivity index (χ4v) is 3.58. The van der Waals surface area contributed by atoms with Crippen molar-refractivity contribution in [2.24, 2.45) is 5.92 Å². The van der Waals surface area contributed by atoms with Crippen LogP contribution in [0, 0.1) is 5.92 Å². The van der Waals surface area contributed by atoms with Crippen molar-refractivity contribution in [2.45, 2.75) is 26.3 Å². The van der Waals surface area contributed by atoms with E-state index in [0.29, 0.717) is 23.3 Å². The van der Waals surface area contributed by atoms with Crippen molar-refractivity contribution < 1.29 is 23.9 Å². The van der Waals surface area contributed by atoms with Gasteiger partial charge in [0.1, 0.15) is 25.0 Å². The minimum atomic E-state index is -0.965. The van der Waals surface area contributed by atoms with E-state index in [4.69, 9.17) is 9.47 Å². The van der Waals surface area contributed by atoms with Crippen LogP contribution in [0.4, 0.5) is 0 Å². The summed E-state index contributed by atoms with van der Waals surface area (Å²) in [6, 6.07) is 12.9. The summed E-state index contributed by atoms with van der Waals surface area (Å²) >= 11 is 3.36. The number of fused-ring (bicyclic) bond motifs is 1. The molecular formula is C22H22BrNO5. The van der Waals surface area contributed by atoms with Crippen LogP contribution < -0.4 is 4.74 Å². The number of rotatable bonds is 8. The van der Waals surface area contributed by atoms with Gasteiger partial charge in [0, 0.05) is 4.47 Å². The highest BCUT2D eigenvalue weighted by Crippen LogP contribution is 2.27. The highest BCUT2D eigenvalue weighted by atomic mass is 79.9. The van der Waals surface area contributed by atoms with Crippen LogP contribution in [0.2, 0.25) is 0 Å². The molecule has 0 saturated carbocycles. The molecule has 0 aliphatic carbocycles. The van der Waals surface area contributed by atoms with Crippen molar-refractivity contribution in [1.29, 1.82) is 0 Å². The van der Waals surface area contributed by atoms with E-state index in [1.807, 2.05) is 32.0 Å². The van der Waals surface area contributed by atoms with Crippen LogP contribution in [0.5, 0.6) is 5.75 Å². The molecule has 2 aromatic carbocycles. The maximum absolute atomic E-state index is 12.7. The molecule has 6 nitrogen and oxygen atoms in total. The van der Waals surface area contributed by atoms with Gasteiger partial charge in [-0.2, -0.15) is 0 Å². The maximum Gasteiger partial charge on any atom is 0.329 e. The van der Waals surface area contributed by atoms with Gasteiger partial charge in [0.2, 0.25) is 0 Å². The largest absolute Gasteiger partial charge is 0.490 e. The van der Waals surface area contributed by atoms with Crippen LogP contribution in [-0.4, -0.2) is 41.9 Å². The molecule has 0 fully saturated rings. The second kappa shape index (κ2) is 9.22. The molecule has 1 unspecified atom stereocenters. The zero-order valence-electron chi connectivity index (χ0n) is 16.3. The molecule has 2 aromatic rings. The summed E-state index contributed by atoms with van der Waals surface area (Å²) in [6.45, 7) is 4.03. The molecule has 0 bridgehead atoms. The second-order valence-corrected chi connectivity index (χ2v) is 8.06. The fourth-order valence-electron chi connectivity index (χ4n) is 3.20. The number of amides is 2. The van der Waals surface area contributed by atoms with E-state index in [1.165, 1.54) is 0 Å². The highest BCUT2D eigenvalue weighted by Gasteiger charge is 2.43. The summed E-state index contributed by atoms with van der Waals surface area (Å²) < 4.78 is 11.8. The first-order chi connectivity index (χ1) is 13.9. The molecule has 0 radical (unpaired) electrons. The standard InChI is InChI=1S/C22H22BrNO5/c1-14(2)12-19(24-20(25)17-8-3-4-9-18(17)21(24)26)22(27)29-11-10-28-16-7-5-6-15(23)13-16/h3-9,13-14,19H,10-12H2,1-2H3. The number of halogens is 1. The van der Waals surface area contributed by atoms with E-state index in [1.54, 1.807) is 30.3 Å². The van der Waals surface area contributed by atoms with E-state index in [-0.39, 0.29) is 19.1 Å². The third-order valence-corrected chi connectivity index (χ3v) is 4.99. The molecule has 2 amide bonds. The van der Waals surface area contributed by atoms with Crippen molar-refractivity contribution in [1.82, 2.24) is 4.90 Å². The summed E-state index contributed by atoms with van der Waals surface area (Å²) in [4.78, 5) is 39.3. The Balaban J connectivity index is 1.65. The summed E-state index contributed by atoms with van der Waals surface area (Å²) in [7, 11) is 0. The first kappa shape index (κ1) is 21.0. The molecule has 1 atom stereocenters. The molecule has 1 aliphatic heterocycles. The van der Waals surface area contributed by atoms with Crippen molar-refractivity contribution in [2.75, 3.05) is 13.2 Å². The number of ether oxygens (including phenoxy) is 2. The summed E-state index contributed by atoms with van der Waals surface area (Å²) in [6.07, 6.45) is 0.330.